The molecule has 1 fully saturated rings. The smallest absolute Gasteiger partial charge is 0.311 e. The zero-order valence-corrected chi connectivity index (χ0v) is 16.4. The molecule has 0 spiro atoms. The van der Waals surface area contributed by atoms with Crippen molar-refractivity contribution in [3.63, 3.8) is 0 Å². The zero-order valence-electron chi connectivity index (χ0n) is 15.5. The van der Waals surface area contributed by atoms with E-state index in [2.05, 4.69) is 0 Å². The minimum Gasteiger partial charge on any atom is -0.311 e. The molecule has 4 nitrogen and oxygen atoms in total. The first-order chi connectivity index (χ1) is 11.3. The van der Waals surface area contributed by atoms with Gasteiger partial charge in [0.2, 0.25) is 0 Å². The quantitative estimate of drug-likeness (QED) is 0.510. The molecule has 0 aliphatic heterocycles. The average Bonchev–Trinajstić information content (AvgIpc) is 2.54. The van der Waals surface area contributed by atoms with Gasteiger partial charge in [0.25, 0.3) is 0 Å². The maximum atomic E-state index is 13.6. The molecule has 0 N–H and O–H groups in total. The van der Waals surface area contributed by atoms with Gasteiger partial charge in [0, 0.05) is 12.7 Å². The lowest BCUT2D eigenvalue weighted by atomic mass is 9.80. The van der Waals surface area contributed by atoms with Crippen LogP contribution in [0.2, 0.25) is 0 Å². The van der Waals surface area contributed by atoms with Gasteiger partial charge in [-0.3, -0.25) is 9.36 Å². The van der Waals surface area contributed by atoms with Crippen molar-refractivity contribution in [2.75, 3.05) is 13.7 Å². The van der Waals surface area contributed by atoms with Crippen LogP contribution in [0, 0.1) is 20.8 Å². The molecule has 1 aliphatic carbocycles. The first kappa shape index (κ1) is 19.4. The van der Waals surface area contributed by atoms with Gasteiger partial charge in [0.1, 0.15) is 5.16 Å². The van der Waals surface area contributed by atoms with Crippen LogP contribution in [0.25, 0.3) is 0 Å². The van der Waals surface area contributed by atoms with Crippen molar-refractivity contribution in [2.45, 2.75) is 65.0 Å². The fourth-order valence-corrected chi connectivity index (χ4v) is 6.32. The highest BCUT2D eigenvalue weighted by Gasteiger charge is 2.56. The Morgan fingerprint density at radius 3 is 2.12 bits per heavy atom. The fraction of sp³-hybridized carbons (Fsp3) is 0.632. The van der Waals surface area contributed by atoms with Crippen molar-refractivity contribution in [1.29, 1.82) is 0 Å². The van der Waals surface area contributed by atoms with Gasteiger partial charge in [0.05, 0.1) is 6.61 Å². The highest BCUT2D eigenvalue weighted by atomic mass is 31.2. The summed E-state index contributed by atoms with van der Waals surface area (Å²) in [4.78, 5) is 13.6. The third kappa shape index (κ3) is 3.24. The Morgan fingerprint density at radius 2 is 1.67 bits per heavy atom. The lowest BCUT2D eigenvalue weighted by Gasteiger charge is -2.40. The summed E-state index contributed by atoms with van der Waals surface area (Å²) < 4.78 is 24.5. The predicted molar refractivity (Wildman–Crippen MR) is 97.0 cm³/mol. The van der Waals surface area contributed by atoms with Crippen molar-refractivity contribution >= 4 is 13.4 Å². The molecule has 1 aliphatic rings. The molecule has 2 rings (SSSR count). The summed E-state index contributed by atoms with van der Waals surface area (Å²) in [6, 6.07) is 4.02. The molecule has 5 heteroatoms. The lowest BCUT2D eigenvalue weighted by molar-refractivity contribution is 0.0871. The average molecular weight is 352 g/mol. The molecule has 0 bridgehead atoms. The van der Waals surface area contributed by atoms with Gasteiger partial charge in [-0.15, -0.1) is 0 Å². The van der Waals surface area contributed by atoms with Gasteiger partial charge in [-0.1, -0.05) is 37.0 Å². The van der Waals surface area contributed by atoms with E-state index >= 15 is 0 Å². The molecule has 0 amide bonds. The van der Waals surface area contributed by atoms with Crippen LogP contribution in [-0.4, -0.2) is 24.7 Å². The number of benzene rings is 1. The van der Waals surface area contributed by atoms with Crippen molar-refractivity contribution in [1.82, 2.24) is 0 Å². The molecule has 1 aromatic carbocycles. The summed E-state index contributed by atoms with van der Waals surface area (Å²) in [5, 5.41) is -1.05. The summed E-state index contributed by atoms with van der Waals surface area (Å²) >= 11 is 0. The number of hydrogen-bond acceptors (Lipinski definition) is 4. The first-order valence-corrected chi connectivity index (χ1v) is 10.3. The summed E-state index contributed by atoms with van der Waals surface area (Å²) in [5.74, 6) is -0.0733. The normalized spacial score (nSPS) is 19.7. The van der Waals surface area contributed by atoms with Gasteiger partial charge < -0.3 is 9.05 Å². The second kappa shape index (κ2) is 7.51. The van der Waals surface area contributed by atoms with Crippen molar-refractivity contribution < 1.29 is 18.4 Å². The number of Topliss-reactive ketones (excluding diaryl/α,β-unsaturated/α-hetero) is 1. The summed E-state index contributed by atoms with van der Waals surface area (Å²) in [5.41, 5.74) is 3.67. The lowest BCUT2D eigenvalue weighted by Crippen LogP contribution is -2.42. The minimum atomic E-state index is -3.53. The Hall–Kier alpha value is -0.960. The second-order valence-corrected chi connectivity index (χ2v) is 9.27. The van der Waals surface area contributed by atoms with Crippen molar-refractivity contribution in [2.24, 2.45) is 0 Å². The van der Waals surface area contributed by atoms with Crippen LogP contribution < -0.4 is 0 Å². The molecule has 0 radical (unpaired) electrons. The maximum Gasteiger partial charge on any atom is 0.344 e. The van der Waals surface area contributed by atoms with Gasteiger partial charge in [0.15, 0.2) is 5.78 Å². The first-order valence-electron chi connectivity index (χ1n) is 8.74. The molecule has 1 saturated carbocycles. The van der Waals surface area contributed by atoms with Gasteiger partial charge in [-0.25, -0.2) is 0 Å². The number of carbonyl (C=O) groups is 1. The highest BCUT2D eigenvalue weighted by Crippen LogP contribution is 2.65. The molecule has 0 aromatic heterocycles. The van der Waals surface area contributed by atoms with Crippen LogP contribution >= 0.6 is 7.60 Å². The Labute approximate surface area is 145 Å². The molecule has 0 saturated heterocycles. The van der Waals surface area contributed by atoms with E-state index in [9.17, 15) is 9.36 Å². The van der Waals surface area contributed by atoms with Crippen molar-refractivity contribution in [3.8, 4) is 0 Å². The highest BCUT2D eigenvalue weighted by molar-refractivity contribution is 7.57. The molecule has 0 heterocycles. The molecule has 24 heavy (non-hydrogen) atoms. The van der Waals surface area contributed by atoms with E-state index in [1.165, 1.54) is 7.11 Å². The molecule has 1 unspecified atom stereocenters. The Morgan fingerprint density at radius 1 is 1.12 bits per heavy atom. The van der Waals surface area contributed by atoms with E-state index in [1.54, 1.807) is 6.92 Å². The number of ketones is 1. The van der Waals surface area contributed by atoms with Crippen LogP contribution in [0.1, 0.15) is 66.1 Å². The SMILES string of the molecule is CCOP(=O)(OC)C1(C(=O)c2c(C)cc(C)cc2C)CCCCC1. The van der Waals surface area contributed by atoms with Gasteiger partial charge >= 0.3 is 7.60 Å². The number of rotatable bonds is 6. The van der Waals surface area contributed by atoms with Crippen LogP contribution in [0.15, 0.2) is 12.1 Å². The molecule has 1 aromatic rings. The Bertz CT molecular complexity index is 636. The van der Waals surface area contributed by atoms with Crippen LogP contribution in [0.4, 0.5) is 0 Å². The molecular formula is C19H29O4P. The Kier molecular flexibility index (Phi) is 6.06. The fourth-order valence-electron chi connectivity index (χ4n) is 4.05. The standard InChI is InChI=1S/C19H29O4P/c1-6-23-24(21,22-5)19(10-8-7-9-11-19)18(20)17-15(3)12-14(2)13-16(17)4/h12-13H,6-11H2,1-5H3. The van der Waals surface area contributed by atoms with E-state index in [4.69, 9.17) is 9.05 Å². The number of hydrogen-bond donors (Lipinski definition) is 0. The third-order valence-corrected chi connectivity index (χ3v) is 7.85. The third-order valence-electron chi connectivity index (χ3n) is 5.07. The largest absolute Gasteiger partial charge is 0.344 e. The number of aryl methyl sites for hydroxylation is 3. The van der Waals surface area contributed by atoms with E-state index < -0.39 is 12.8 Å². The minimum absolute atomic E-state index is 0.0733. The topological polar surface area (TPSA) is 52.6 Å². The van der Waals surface area contributed by atoms with E-state index in [0.717, 1.165) is 36.0 Å². The van der Waals surface area contributed by atoms with Crippen LogP contribution in [0.3, 0.4) is 0 Å². The van der Waals surface area contributed by atoms with Crippen molar-refractivity contribution in [3.05, 3.63) is 34.4 Å². The van der Waals surface area contributed by atoms with Gasteiger partial charge in [-0.2, -0.15) is 0 Å². The van der Waals surface area contributed by atoms with Crippen LogP contribution in [-0.2, 0) is 13.6 Å². The zero-order chi connectivity index (χ0) is 18.0. The summed E-state index contributed by atoms with van der Waals surface area (Å²) in [6.45, 7) is 7.97. The predicted octanol–water partition coefficient (Wildman–Crippen LogP) is 5.37. The second-order valence-electron chi connectivity index (χ2n) is 6.79. The monoisotopic (exact) mass is 352 g/mol. The summed E-state index contributed by atoms with van der Waals surface area (Å²) in [6.07, 6.45) is 3.91. The Balaban J connectivity index is 2.61. The molecular weight excluding hydrogens is 323 g/mol. The van der Waals surface area contributed by atoms with E-state index in [0.29, 0.717) is 18.4 Å². The summed E-state index contributed by atoms with van der Waals surface area (Å²) in [7, 11) is -2.13. The van der Waals surface area contributed by atoms with Gasteiger partial charge in [-0.05, 0) is 51.7 Å². The van der Waals surface area contributed by atoms with E-state index in [-0.39, 0.29) is 12.4 Å². The number of carbonyl (C=O) groups excluding carboxylic acids is 1. The molecule has 1 atom stereocenters. The molecule has 134 valence electrons. The van der Waals surface area contributed by atoms with Crippen LogP contribution in [0.5, 0.6) is 0 Å². The maximum absolute atomic E-state index is 13.6. The van der Waals surface area contributed by atoms with E-state index in [1.807, 2.05) is 32.9 Å².